The Morgan fingerprint density at radius 2 is 1.97 bits per heavy atom. The third-order valence-electron chi connectivity index (χ3n) is 6.29. The van der Waals surface area contributed by atoms with Crippen molar-refractivity contribution in [3.8, 4) is 17.0 Å². The first-order chi connectivity index (χ1) is 17.8. The van der Waals surface area contributed by atoms with Crippen molar-refractivity contribution in [2.24, 2.45) is 0 Å². The highest BCUT2D eigenvalue weighted by atomic mass is 19.4. The Hall–Kier alpha value is -4.41. The topological polar surface area (TPSA) is 98.6 Å². The van der Waals surface area contributed by atoms with E-state index in [1.807, 2.05) is 16.5 Å². The molecule has 1 saturated heterocycles. The number of carbonyl (C=O) groups is 1. The second-order valence-electron chi connectivity index (χ2n) is 8.59. The maximum Gasteiger partial charge on any atom is 0.417 e. The van der Waals surface area contributed by atoms with Crippen LogP contribution in [0.25, 0.3) is 16.8 Å². The Bertz CT molecular complexity index is 1450. The van der Waals surface area contributed by atoms with Gasteiger partial charge >= 0.3 is 6.18 Å². The van der Waals surface area contributed by atoms with Crippen LogP contribution in [0.5, 0.6) is 5.75 Å². The Morgan fingerprint density at radius 3 is 2.65 bits per heavy atom. The van der Waals surface area contributed by atoms with Crippen LogP contribution in [0, 0.1) is 0 Å². The molecule has 4 aromatic rings. The number of halogens is 3. The van der Waals surface area contributed by atoms with Crippen LogP contribution in [-0.4, -0.2) is 36.7 Å². The van der Waals surface area contributed by atoms with Crippen molar-refractivity contribution in [1.29, 1.82) is 0 Å². The number of hydrogen-bond acceptors (Lipinski definition) is 6. The van der Waals surface area contributed by atoms with E-state index in [0.29, 0.717) is 40.8 Å². The highest BCUT2D eigenvalue weighted by Crippen LogP contribution is 2.37. The van der Waals surface area contributed by atoms with Crippen LogP contribution in [0.1, 0.15) is 36.0 Å². The van der Waals surface area contributed by atoms with Crippen molar-refractivity contribution in [1.82, 2.24) is 24.3 Å². The monoisotopic (exact) mass is 508 g/mol. The summed E-state index contributed by atoms with van der Waals surface area (Å²) in [6, 6.07) is 9.15. The van der Waals surface area contributed by atoms with Crippen LogP contribution < -0.4 is 10.5 Å². The summed E-state index contributed by atoms with van der Waals surface area (Å²) < 4.78 is 45.7. The van der Waals surface area contributed by atoms with Gasteiger partial charge in [0.05, 0.1) is 17.3 Å². The van der Waals surface area contributed by atoms with Crippen molar-refractivity contribution >= 4 is 17.2 Å². The second kappa shape index (κ2) is 9.57. The lowest BCUT2D eigenvalue weighted by molar-refractivity contribution is -0.137. The molecule has 4 heterocycles. The molecule has 2 N–H and O–H groups in total. The van der Waals surface area contributed by atoms with Crippen molar-refractivity contribution in [2.45, 2.75) is 31.7 Å². The summed E-state index contributed by atoms with van der Waals surface area (Å²) in [5.74, 6) is 1.37. The summed E-state index contributed by atoms with van der Waals surface area (Å²) in [4.78, 5) is 27.1. The van der Waals surface area contributed by atoms with Gasteiger partial charge in [0.1, 0.15) is 35.2 Å². The van der Waals surface area contributed by atoms with Gasteiger partial charge in [-0.1, -0.05) is 6.58 Å². The molecular formula is C26H23F3N6O2. The highest BCUT2D eigenvalue weighted by molar-refractivity contribution is 5.88. The maximum atomic E-state index is 12.7. The van der Waals surface area contributed by atoms with Gasteiger partial charge in [0.25, 0.3) is 0 Å². The van der Waals surface area contributed by atoms with E-state index in [1.165, 1.54) is 12.1 Å². The third kappa shape index (κ3) is 4.72. The van der Waals surface area contributed by atoms with E-state index in [4.69, 9.17) is 15.5 Å². The SMILES string of the molecule is C=CC(=O)N1CCC[C@H]1c1nc(-c2ccc(OCc3ccc(C(F)(F)F)cn3)cc2)c2c(N)nccn12. The van der Waals surface area contributed by atoms with Gasteiger partial charge in [-0.3, -0.25) is 14.2 Å². The number of hydrogen-bond donors (Lipinski definition) is 1. The van der Waals surface area contributed by atoms with Gasteiger partial charge in [0, 0.05) is 30.7 Å². The first kappa shape index (κ1) is 24.3. The number of nitrogen functional groups attached to an aromatic ring is 1. The Labute approximate surface area is 210 Å². The maximum absolute atomic E-state index is 12.7. The molecular weight excluding hydrogens is 485 g/mol. The molecule has 0 spiro atoms. The standard InChI is InChI=1S/C26H23F3N6O2/c1-2-21(36)34-12-3-4-20(34)25-33-22(23-24(30)31-11-13-35(23)25)16-5-9-19(10-6-16)37-15-18-8-7-17(14-32-18)26(27,28)29/h2,5-11,13-14,20H,1,3-4,12,15H2,(H2,30,31)/t20-/m0/s1. The van der Waals surface area contributed by atoms with Crippen LogP contribution in [0.2, 0.25) is 0 Å². The number of pyridine rings is 1. The van der Waals surface area contributed by atoms with Gasteiger partial charge in [-0.05, 0) is 55.3 Å². The van der Waals surface area contributed by atoms with Gasteiger partial charge < -0.3 is 15.4 Å². The van der Waals surface area contributed by atoms with E-state index in [1.54, 1.807) is 29.4 Å². The number of amides is 1. The number of alkyl halides is 3. The number of anilines is 1. The molecule has 0 saturated carbocycles. The van der Waals surface area contributed by atoms with E-state index in [2.05, 4.69) is 16.5 Å². The van der Waals surface area contributed by atoms with E-state index < -0.39 is 11.7 Å². The molecule has 37 heavy (non-hydrogen) atoms. The molecule has 0 unspecified atom stereocenters. The molecule has 1 atom stereocenters. The number of nitrogens with zero attached hydrogens (tertiary/aromatic N) is 5. The number of aromatic nitrogens is 4. The minimum atomic E-state index is -4.43. The molecule has 190 valence electrons. The lowest BCUT2D eigenvalue weighted by Gasteiger charge is -2.22. The molecule has 1 aromatic carbocycles. The zero-order valence-corrected chi connectivity index (χ0v) is 19.7. The molecule has 1 amide bonds. The number of imidazole rings is 1. The lowest BCUT2D eigenvalue weighted by Crippen LogP contribution is -2.29. The van der Waals surface area contributed by atoms with E-state index in [0.717, 1.165) is 30.7 Å². The van der Waals surface area contributed by atoms with Crippen LogP contribution in [0.4, 0.5) is 19.0 Å². The molecule has 1 aliphatic heterocycles. The number of ether oxygens (including phenoxy) is 1. The van der Waals surface area contributed by atoms with Gasteiger partial charge in [-0.15, -0.1) is 0 Å². The van der Waals surface area contributed by atoms with Crippen LogP contribution in [0.3, 0.4) is 0 Å². The van der Waals surface area contributed by atoms with Gasteiger partial charge in [-0.2, -0.15) is 13.2 Å². The summed E-state index contributed by atoms with van der Waals surface area (Å²) in [5, 5.41) is 0. The van der Waals surface area contributed by atoms with Gasteiger partial charge in [0.2, 0.25) is 5.91 Å². The molecule has 8 nitrogen and oxygen atoms in total. The normalized spacial score (nSPS) is 15.8. The zero-order valence-electron chi connectivity index (χ0n) is 19.7. The number of fused-ring (bicyclic) bond motifs is 1. The minimum absolute atomic E-state index is 0.0146. The lowest BCUT2D eigenvalue weighted by atomic mass is 10.1. The van der Waals surface area contributed by atoms with Crippen molar-refractivity contribution < 1.29 is 22.7 Å². The Balaban J connectivity index is 1.40. The molecule has 0 aliphatic carbocycles. The number of rotatable bonds is 6. The van der Waals surface area contributed by atoms with E-state index in [9.17, 15) is 18.0 Å². The van der Waals surface area contributed by atoms with Crippen molar-refractivity contribution in [2.75, 3.05) is 12.3 Å². The highest BCUT2D eigenvalue weighted by Gasteiger charge is 2.33. The average Bonchev–Trinajstić information content (AvgIpc) is 3.53. The van der Waals surface area contributed by atoms with Crippen LogP contribution in [0.15, 0.2) is 67.6 Å². The van der Waals surface area contributed by atoms with Gasteiger partial charge in [-0.25, -0.2) is 9.97 Å². The molecule has 5 rings (SSSR count). The average molecular weight is 509 g/mol. The summed E-state index contributed by atoms with van der Waals surface area (Å²) >= 11 is 0. The Morgan fingerprint density at radius 1 is 1.19 bits per heavy atom. The first-order valence-electron chi connectivity index (χ1n) is 11.6. The molecule has 3 aromatic heterocycles. The van der Waals surface area contributed by atoms with Crippen molar-refractivity contribution in [3.63, 3.8) is 0 Å². The number of benzene rings is 1. The van der Waals surface area contributed by atoms with Crippen LogP contribution in [-0.2, 0) is 17.6 Å². The minimum Gasteiger partial charge on any atom is -0.487 e. The fourth-order valence-corrected chi connectivity index (χ4v) is 4.48. The summed E-state index contributed by atoms with van der Waals surface area (Å²) in [7, 11) is 0. The predicted octanol–water partition coefficient (Wildman–Crippen LogP) is 4.82. The predicted molar refractivity (Wildman–Crippen MR) is 130 cm³/mol. The fourth-order valence-electron chi connectivity index (χ4n) is 4.48. The summed E-state index contributed by atoms with van der Waals surface area (Å²) in [6.45, 7) is 4.25. The second-order valence-corrected chi connectivity index (χ2v) is 8.59. The quantitative estimate of drug-likeness (QED) is 0.375. The van der Waals surface area contributed by atoms with Gasteiger partial charge in [0.15, 0.2) is 0 Å². The first-order valence-corrected chi connectivity index (χ1v) is 11.6. The Kier molecular flexibility index (Phi) is 6.28. The van der Waals surface area contributed by atoms with Crippen LogP contribution >= 0.6 is 0 Å². The summed E-state index contributed by atoms with van der Waals surface area (Å²) in [5.41, 5.74) is 7.82. The molecule has 0 radical (unpaired) electrons. The molecule has 1 fully saturated rings. The number of nitrogens with two attached hydrogens (primary N) is 1. The van der Waals surface area contributed by atoms with Crippen molar-refractivity contribution in [3.05, 3.63) is 84.7 Å². The molecule has 11 heteroatoms. The largest absolute Gasteiger partial charge is 0.487 e. The molecule has 0 bridgehead atoms. The zero-order chi connectivity index (χ0) is 26.2. The van der Waals surface area contributed by atoms with E-state index in [-0.39, 0.29) is 18.6 Å². The number of likely N-dealkylation sites (tertiary alicyclic amines) is 1. The molecule has 1 aliphatic rings. The number of carbonyl (C=O) groups excluding carboxylic acids is 1. The smallest absolute Gasteiger partial charge is 0.417 e. The van der Waals surface area contributed by atoms with E-state index >= 15 is 0 Å². The third-order valence-corrected chi connectivity index (χ3v) is 6.29. The fraction of sp³-hybridized carbons (Fsp3) is 0.231. The summed E-state index contributed by atoms with van der Waals surface area (Å²) in [6.07, 6.45) is 2.66.